The molecule has 1 rings (SSSR count). The third-order valence-electron chi connectivity index (χ3n) is 3.19. The highest BCUT2D eigenvalue weighted by Crippen LogP contribution is 2.14. The van der Waals surface area contributed by atoms with Gasteiger partial charge >= 0.3 is 11.9 Å². The maximum Gasteiger partial charge on any atom is 0.319 e. The van der Waals surface area contributed by atoms with E-state index < -0.39 is 17.8 Å². The number of esters is 2. The average molecular weight is 317 g/mol. The number of methoxy groups -OCH3 is 2. The molecule has 0 unspecified atom stereocenters. The summed E-state index contributed by atoms with van der Waals surface area (Å²) < 4.78 is 8.79. The molecule has 1 fully saturated rings. The lowest BCUT2D eigenvalue weighted by molar-refractivity contribution is -0.145. The van der Waals surface area contributed by atoms with Crippen LogP contribution in [0.2, 0.25) is 0 Å². The molecule has 0 radical (unpaired) electrons. The zero-order valence-electron chi connectivity index (χ0n) is 13.4. The van der Waals surface area contributed by atoms with Gasteiger partial charge < -0.3 is 20.9 Å². The molecular weight excluding hydrogens is 290 g/mol. The lowest BCUT2D eigenvalue weighted by atomic mass is 9.97. The fourth-order valence-corrected chi connectivity index (χ4v) is 2.02. The minimum atomic E-state index is -0.636. The van der Waals surface area contributed by atoms with Gasteiger partial charge in [-0.15, -0.1) is 0 Å². The number of nitrogens with zero attached hydrogens (tertiary/aromatic N) is 1. The number of amides is 1. The molecule has 0 spiro atoms. The van der Waals surface area contributed by atoms with Crippen LogP contribution in [0.3, 0.4) is 0 Å². The Balaban J connectivity index is 0.000000518. The second kappa shape index (κ2) is 11.9. The van der Waals surface area contributed by atoms with Crippen molar-refractivity contribution in [3.63, 3.8) is 0 Å². The number of ether oxygens (including phenoxy) is 2. The predicted molar refractivity (Wildman–Crippen MR) is 80.7 cm³/mol. The maximum atomic E-state index is 10.9. The van der Waals surface area contributed by atoms with E-state index in [4.69, 9.17) is 11.5 Å². The molecular formula is C14H27N3O5. The summed E-state index contributed by atoms with van der Waals surface area (Å²) in [7, 11) is 2.42. The second-order valence-corrected chi connectivity index (χ2v) is 5.16. The molecule has 22 heavy (non-hydrogen) atoms. The number of carbonyl (C=O) groups excluding carboxylic acids is 3. The first-order valence-electron chi connectivity index (χ1n) is 7.28. The van der Waals surface area contributed by atoms with Gasteiger partial charge in [-0.1, -0.05) is 19.3 Å². The summed E-state index contributed by atoms with van der Waals surface area (Å²) in [6.45, 7) is -0.576. The van der Waals surface area contributed by atoms with Gasteiger partial charge in [0.2, 0.25) is 5.91 Å². The molecule has 128 valence electrons. The van der Waals surface area contributed by atoms with Crippen molar-refractivity contribution in [1.82, 2.24) is 4.90 Å². The Morgan fingerprint density at radius 1 is 0.955 bits per heavy atom. The highest BCUT2D eigenvalue weighted by Gasteiger charge is 2.16. The van der Waals surface area contributed by atoms with E-state index in [1.54, 1.807) is 0 Å². The highest BCUT2D eigenvalue weighted by molar-refractivity contribution is 5.79. The lowest BCUT2D eigenvalue weighted by Crippen LogP contribution is -2.41. The molecule has 0 aromatic carbocycles. The fourth-order valence-electron chi connectivity index (χ4n) is 2.02. The van der Waals surface area contributed by atoms with E-state index in [0.717, 1.165) is 0 Å². The normalized spacial score (nSPS) is 14.7. The molecule has 0 atom stereocenters. The molecule has 4 N–H and O–H groups in total. The second-order valence-electron chi connectivity index (χ2n) is 5.16. The van der Waals surface area contributed by atoms with Gasteiger partial charge in [-0.05, 0) is 12.8 Å². The van der Waals surface area contributed by atoms with Crippen LogP contribution in [0.1, 0.15) is 32.1 Å². The van der Waals surface area contributed by atoms with Crippen LogP contribution >= 0.6 is 0 Å². The first-order chi connectivity index (χ1) is 10.4. The van der Waals surface area contributed by atoms with E-state index >= 15 is 0 Å². The van der Waals surface area contributed by atoms with E-state index in [-0.39, 0.29) is 19.6 Å². The van der Waals surface area contributed by atoms with Crippen molar-refractivity contribution in [3.05, 3.63) is 0 Å². The number of nitrogens with two attached hydrogens (primary N) is 2. The van der Waals surface area contributed by atoms with Crippen LogP contribution in [0, 0.1) is 0 Å². The fraction of sp³-hybridized carbons (Fsp3) is 0.786. The molecule has 1 aliphatic carbocycles. The molecule has 1 saturated carbocycles. The van der Waals surface area contributed by atoms with Crippen LogP contribution in [-0.4, -0.2) is 62.6 Å². The third kappa shape index (κ3) is 11.0. The topological polar surface area (TPSA) is 125 Å². The van der Waals surface area contributed by atoms with Crippen molar-refractivity contribution < 1.29 is 23.9 Å². The quantitative estimate of drug-likeness (QED) is 0.626. The van der Waals surface area contributed by atoms with Crippen LogP contribution in [0.5, 0.6) is 0 Å². The standard InChI is InChI=1S/C8H14N2O5.C6H13N/c1-14-7(12)4-10(3-6(9)11)5-8(13)15-2;7-6-4-2-1-3-5-6/h3-5H2,1-2H3,(H2,9,11);6H,1-5,7H2. The van der Waals surface area contributed by atoms with E-state index in [1.165, 1.54) is 51.2 Å². The Morgan fingerprint density at radius 3 is 1.68 bits per heavy atom. The SMILES string of the molecule is COC(=O)CN(CC(N)=O)CC(=O)OC.NC1CCCCC1. The Morgan fingerprint density at radius 2 is 1.41 bits per heavy atom. The minimum absolute atomic E-state index is 0.186. The average Bonchev–Trinajstić information content (AvgIpc) is 2.47. The number of carbonyl (C=O) groups is 3. The Kier molecular flexibility index (Phi) is 11.0. The van der Waals surface area contributed by atoms with Gasteiger partial charge in [-0.2, -0.15) is 0 Å². The van der Waals surface area contributed by atoms with Crippen LogP contribution in [0.4, 0.5) is 0 Å². The lowest BCUT2D eigenvalue weighted by Gasteiger charge is -2.17. The Bertz CT molecular complexity index is 338. The molecule has 0 aromatic rings. The van der Waals surface area contributed by atoms with E-state index in [0.29, 0.717) is 6.04 Å². The van der Waals surface area contributed by atoms with Crippen LogP contribution in [0.15, 0.2) is 0 Å². The summed E-state index contributed by atoms with van der Waals surface area (Å²) >= 11 is 0. The zero-order chi connectivity index (χ0) is 17.0. The number of rotatable bonds is 6. The smallest absolute Gasteiger partial charge is 0.319 e. The van der Waals surface area contributed by atoms with Crippen molar-refractivity contribution in [1.29, 1.82) is 0 Å². The summed E-state index contributed by atoms with van der Waals surface area (Å²) in [5, 5.41) is 0. The highest BCUT2D eigenvalue weighted by atomic mass is 16.5. The van der Waals surface area contributed by atoms with Crippen molar-refractivity contribution in [2.75, 3.05) is 33.9 Å². The third-order valence-corrected chi connectivity index (χ3v) is 3.19. The van der Waals surface area contributed by atoms with Gasteiger partial charge in [0.25, 0.3) is 0 Å². The minimum Gasteiger partial charge on any atom is -0.468 e. The van der Waals surface area contributed by atoms with Gasteiger partial charge in [-0.25, -0.2) is 0 Å². The summed E-state index contributed by atoms with van der Waals surface area (Å²) in [5.74, 6) is -1.75. The molecule has 8 nitrogen and oxygen atoms in total. The van der Waals surface area contributed by atoms with E-state index in [9.17, 15) is 14.4 Å². The van der Waals surface area contributed by atoms with Gasteiger partial charge in [-0.3, -0.25) is 19.3 Å². The molecule has 8 heteroatoms. The van der Waals surface area contributed by atoms with Crippen LogP contribution in [0.25, 0.3) is 0 Å². The molecule has 1 amide bonds. The van der Waals surface area contributed by atoms with Gasteiger partial charge in [0.05, 0.1) is 33.9 Å². The van der Waals surface area contributed by atoms with Gasteiger partial charge in [0, 0.05) is 6.04 Å². The largest absolute Gasteiger partial charge is 0.468 e. The zero-order valence-corrected chi connectivity index (χ0v) is 13.4. The first-order valence-corrected chi connectivity index (χ1v) is 7.28. The van der Waals surface area contributed by atoms with Crippen molar-refractivity contribution in [2.45, 2.75) is 38.1 Å². The molecule has 0 aromatic heterocycles. The first kappa shape index (κ1) is 20.3. The van der Waals surface area contributed by atoms with E-state index in [2.05, 4.69) is 9.47 Å². The number of primary amides is 1. The predicted octanol–water partition coefficient (Wildman–Crippen LogP) is -0.602. The van der Waals surface area contributed by atoms with Gasteiger partial charge in [0.15, 0.2) is 0 Å². The number of hydrogen-bond donors (Lipinski definition) is 2. The molecule has 0 bridgehead atoms. The molecule has 0 heterocycles. The summed E-state index contributed by atoms with van der Waals surface area (Å²) in [4.78, 5) is 33.7. The van der Waals surface area contributed by atoms with Crippen LogP contribution < -0.4 is 11.5 Å². The van der Waals surface area contributed by atoms with Crippen molar-refractivity contribution in [2.24, 2.45) is 11.5 Å². The van der Waals surface area contributed by atoms with Crippen LogP contribution in [-0.2, 0) is 23.9 Å². The summed E-state index contributed by atoms with van der Waals surface area (Å²) in [6, 6.07) is 0.536. The number of hydrogen-bond acceptors (Lipinski definition) is 7. The maximum absolute atomic E-state index is 10.9. The Hall–Kier alpha value is -1.67. The monoisotopic (exact) mass is 317 g/mol. The summed E-state index contributed by atoms with van der Waals surface area (Å²) in [6.07, 6.45) is 6.66. The molecule has 1 aliphatic rings. The Labute approximate surface area is 131 Å². The van der Waals surface area contributed by atoms with E-state index in [1.807, 2.05) is 0 Å². The summed E-state index contributed by atoms with van der Waals surface area (Å²) in [5.41, 5.74) is 10.6. The molecule has 0 saturated heterocycles. The van der Waals surface area contributed by atoms with Crippen molar-refractivity contribution in [3.8, 4) is 0 Å². The van der Waals surface area contributed by atoms with Crippen molar-refractivity contribution >= 4 is 17.8 Å². The molecule has 0 aliphatic heterocycles. The van der Waals surface area contributed by atoms with Gasteiger partial charge in [0.1, 0.15) is 0 Å².